The summed E-state index contributed by atoms with van der Waals surface area (Å²) in [4.78, 5) is 36.1. The zero-order valence-corrected chi connectivity index (χ0v) is 21.7. The molecule has 9 nitrogen and oxygen atoms in total. The number of anilines is 1. The number of hydrogen-bond acceptors (Lipinski definition) is 6. The fraction of sp³-hybridized carbons (Fsp3) is 0.500. The summed E-state index contributed by atoms with van der Waals surface area (Å²) in [5.74, 6) is -0.333. The fourth-order valence-electron chi connectivity index (χ4n) is 5.24. The third-order valence-electron chi connectivity index (χ3n) is 6.75. The molecule has 2 amide bonds. The molecule has 2 aliphatic heterocycles. The number of morpholine rings is 2. The second-order valence-electron chi connectivity index (χ2n) is 10.4. The van der Waals surface area contributed by atoms with Crippen molar-refractivity contribution in [2.75, 3.05) is 25.0 Å². The SMILES string of the molecule is C[C@@H]1CN(C(=O)CC2OC(C)(C)CNC2C(=O)Nc2cc(Cl)cc3c2[nH]c2cnccc23)C[C@H](C)O1. The third kappa shape index (κ3) is 5.06. The standard InChI is InChI=1S/C26H32ClN5O4/c1-14-11-32(12-15(2)35-14)22(33)9-21-24(29-13-26(3,4)36-21)25(34)31-19-8-16(27)7-18-17-5-6-28-10-20(17)30-23(18)19/h5-8,10,14-15,21,24,29-30H,9,11-13H2,1-4H3,(H,31,34)/t14-,15+,21?,24?. The number of amides is 2. The number of benzene rings is 1. The molecule has 2 fully saturated rings. The summed E-state index contributed by atoms with van der Waals surface area (Å²) < 4.78 is 12.0. The van der Waals surface area contributed by atoms with Crippen molar-refractivity contribution < 1.29 is 19.1 Å². The van der Waals surface area contributed by atoms with Gasteiger partial charge in [0, 0.05) is 41.6 Å². The van der Waals surface area contributed by atoms with Crippen molar-refractivity contribution in [1.29, 1.82) is 0 Å². The molecule has 3 N–H and O–H groups in total. The first-order valence-corrected chi connectivity index (χ1v) is 12.7. The average molecular weight is 514 g/mol. The smallest absolute Gasteiger partial charge is 0.244 e. The van der Waals surface area contributed by atoms with E-state index in [1.54, 1.807) is 23.4 Å². The summed E-state index contributed by atoms with van der Waals surface area (Å²) in [6, 6.07) is 4.78. The van der Waals surface area contributed by atoms with Gasteiger partial charge in [0.25, 0.3) is 0 Å². The van der Waals surface area contributed by atoms with E-state index in [-0.39, 0.29) is 30.4 Å². The predicted octanol–water partition coefficient (Wildman–Crippen LogP) is 3.47. The third-order valence-corrected chi connectivity index (χ3v) is 6.97. The molecule has 2 aliphatic rings. The van der Waals surface area contributed by atoms with Gasteiger partial charge in [0.2, 0.25) is 11.8 Å². The van der Waals surface area contributed by atoms with Gasteiger partial charge in [0.1, 0.15) is 6.04 Å². The number of halogens is 1. The van der Waals surface area contributed by atoms with E-state index < -0.39 is 17.7 Å². The van der Waals surface area contributed by atoms with Crippen molar-refractivity contribution in [2.24, 2.45) is 0 Å². The first-order chi connectivity index (χ1) is 17.1. The van der Waals surface area contributed by atoms with Crippen LogP contribution in [0.1, 0.15) is 34.1 Å². The minimum atomic E-state index is -0.710. The molecule has 0 saturated carbocycles. The lowest BCUT2D eigenvalue weighted by Gasteiger charge is -2.42. The maximum Gasteiger partial charge on any atom is 0.244 e. The van der Waals surface area contributed by atoms with E-state index in [1.807, 2.05) is 39.8 Å². The highest BCUT2D eigenvalue weighted by Crippen LogP contribution is 2.33. The van der Waals surface area contributed by atoms with Crippen molar-refractivity contribution in [3.05, 3.63) is 35.6 Å². The molecule has 36 heavy (non-hydrogen) atoms. The Bertz CT molecular complexity index is 1300. The summed E-state index contributed by atoms with van der Waals surface area (Å²) >= 11 is 6.41. The molecule has 2 saturated heterocycles. The molecule has 10 heteroatoms. The Kier molecular flexibility index (Phi) is 6.67. The highest BCUT2D eigenvalue weighted by molar-refractivity contribution is 6.33. The Morgan fingerprint density at radius 1 is 1.22 bits per heavy atom. The van der Waals surface area contributed by atoms with Gasteiger partial charge in [-0.25, -0.2) is 0 Å². The number of pyridine rings is 1. The lowest BCUT2D eigenvalue weighted by molar-refractivity contribution is -0.158. The zero-order chi connectivity index (χ0) is 25.6. The van der Waals surface area contributed by atoms with E-state index in [2.05, 4.69) is 20.6 Å². The molecular weight excluding hydrogens is 482 g/mol. The van der Waals surface area contributed by atoms with Gasteiger partial charge in [-0.05, 0) is 45.9 Å². The van der Waals surface area contributed by atoms with Gasteiger partial charge in [-0.3, -0.25) is 14.6 Å². The molecule has 0 spiro atoms. The molecular formula is C26H32ClN5O4. The molecule has 1 aromatic carbocycles. The molecule has 4 atom stereocenters. The van der Waals surface area contributed by atoms with Crippen LogP contribution in [0, 0.1) is 0 Å². The molecule has 0 radical (unpaired) electrons. The highest BCUT2D eigenvalue weighted by Gasteiger charge is 2.41. The average Bonchev–Trinajstić information content (AvgIpc) is 3.16. The molecule has 0 aliphatic carbocycles. The second-order valence-corrected chi connectivity index (χ2v) is 10.9. The number of carbonyl (C=O) groups is 2. The summed E-state index contributed by atoms with van der Waals surface area (Å²) in [6.07, 6.45) is 2.86. The Morgan fingerprint density at radius 2 is 1.97 bits per heavy atom. The normalized spacial score (nSPS) is 26.3. The van der Waals surface area contributed by atoms with Crippen LogP contribution in [0.3, 0.4) is 0 Å². The second kappa shape index (κ2) is 9.63. The minimum Gasteiger partial charge on any atom is -0.372 e. The van der Waals surface area contributed by atoms with Crippen LogP contribution in [-0.2, 0) is 19.1 Å². The van der Waals surface area contributed by atoms with E-state index in [4.69, 9.17) is 21.1 Å². The highest BCUT2D eigenvalue weighted by atomic mass is 35.5. The first-order valence-electron chi connectivity index (χ1n) is 12.3. The Hall–Kier alpha value is -2.72. The molecule has 2 unspecified atom stereocenters. The number of aromatic nitrogens is 2. The number of hydrogen-bond donors (Lipinski definition) is 3. The predicted molar refractivity (Wildman–Crippen MR) is 139 cm³/mol. The van der Waals surface area contributed by atoms with Gasteiger partial charge < -0.3 is 30.0 Å². The van der Waals surface area contributed by atoms with Gasteiger partial charge in [-0.2, -0.15) is 0 Å². The van der Waals surface area contributed by atoms with Gasteiger partial charge >= 0.3 is 0 Å². The number of nitrogens with one attached hydrogen (secondary N) is 3. The van der Waals surface area contributed by atoms with Crippen LogP contribution in [0.5, 0.6) is 0 Å². The van der Waals surface area contributed by atoms with E-state index >= 15 is 0 Å². The topological polar surface area (TPSA) is 109 Å². The van der Waals surface area contributed by atoms with Crippen LogP contribution < -0.4 is 10.6 Å². The van der Waals surface area contributed by atoms with Gasteiger partial charge in [0.05, 0.1) is 53.3 Å². The lowest BCUT2D eigenvalue weighted by atomic mass is 9.98. The van der Waals surface area contributed by atoms with Crippen LogP contribution in [0.15, 0.2) is 30.6 Å². The number of nitrogens with zero attached hydrogens (tertiary/aromatic N) is 2. The lowest BCUT2D eigenvalue weighted by Crippen LogP contribution is -2.62. The fourth-order valence-corrected chi connectivity index (χ4v) is 5.46. The van der Waals surface area contributed by atoms with E-state index in [9.17, 15) is 9.59 Å². The van der Waals surface area contributed by atoms with Crippen molar-refractivity contribution >= 4 is 50.9 Å². The van der Waals surface area contributed by atoms with Gasteiger partial charge in [0.15, 0.2) is 0 Å². The first kappa shape index (κ1) is 25.0. The summed E-state index contributed by atoms with van der Waals surface area (Å²) in [7, 11) is 0. The van der Waals surface area contributed by atoms with Crippen molar-refractivity contribution in [3.8, 4) is 0 Å². The maximum absolute atomic E-state index is 13.6. The zero-order valence-electron chi connectivity index (χ0n) is 20.9. The Labute approximate surface area is 214 Å². The number of rotatable bonds is 4. The van der Waals surface area contributed by atoms with Crippen molar-refractivity contribution in [2.45, 2.75) is 64.1 Å². The summed E-state index contributed by atoms with van der Waals surface area (Å²) in [6.45, 7) is 9.34. The molecule has 2 aromatic heterocycles. The molecule has 5 rings (SSSR count). The van der Waals surface area contributed by atoms with Crippen LogP contribution in [0.2, 0.25) is 5.02 Å². The Balaban J connectivity index is 1.39. The van der Waals surface area contributed by atoms with Gasteiger partial charge in [-0.15, -0.1) is 0 Å². The number of H-pyrrole nitrogens is 1. The molecule has 0 bridgehead atoms. The van der Waals surface area contributed by atoms with E-state index in [0.717, 1.165) is 21.8 Å². The van der Waals surface area contributed by atoms with Crippen molar-refractivity contribution in [1.82, 2.24) is 20.2 Å². The number of carbonyl (C=O) groups excluding carboxylic acids is 2. The summed E-state index contributed by atoms with van der Waals surface area (Å²) in [5.41, 5.74) is 1.66. The number of aromatic amines is 1. The van der Waals surface area contributed by atoms with Crippen LogP contribution >= 0.6 is 11.6 Å². The van der Waals surface area contributed by atoms with Crippen molar-refractivity contribution in [3.63, 3.8) is 0 Å². The molecule has 3 aromatic rings. The van der Waals surface area contributed by atoms with Crippen LogP contribution in [0.25, 0.3) is 21.8 Å². The monoisotopic (exact) mass is 513 g/mol. The number of ether oxygens (including phenoxy) is 2. The van der Waals surface area contributed by atoms with Gasteiger partial charge in [-0.1, -0.05) is 11.6 Å². The minimum absolute atomic E-state index is 0.0321. The van der Waals surface area contributed by atoms with E-state index in [0.29, 0.717) is 30.3 Å². The van der Waals surface area contributed by atoms with Crippen LogP contribution in [0.4, 0.5) is 5.69 Å². The number of fused-ring (bicyclic) bond motifs is 3. The molecule has 192 valence electrons. The largest absolute Gasteiger partial charge is 0.372 e. The van der Waals surface area contributed by atoms with E-state index in [1.165, 1.54) is 0 Å². The van der Waals surface area contributed by atoms with Crippen LogP contribution in [-0.4, -0.2) is 76.3 Å². The quantitative estimate of drug-likeness (QED) is 0.493. The maximum atomic E-state index is 13.6. The Morgan fingerprint density at radius 3 is 2.72 bits per heavy atom. The molecule has 4 heterocycles. The summed E-state index contributed by atoms with van der Waals surface area (Å²) in [5, 5.41) is 8.70.